The lowest BCUT2D eigenvalue weighted by Gasteiger charge is -2.24. The van der Waals surface area contributed by atoms with E-state index in [0.29, 0.717) is 17.5 Å². The summed E-state index contributed by atoms with van der Waals surface area (Å²) >= 11 is 12.6. The van der Waals surface area contributed by atoms with Crippen LogP contribution in [0.25, 0.3) is 0 Å². The van der Waals surface area contributed by atoms with Gasteiger partial charge in [-0.25, -0.2) is 8.42 Å². The molecule has 0 spiro atoms. The lowest BCUT2D eigenvalue weighted by molar-refractivity contribution is -0.108. The second-order valence-electron chi connectivity index (χ2n) is 3.26. The van der Waals surface area contributed by atoms with Gasteiger partial charge >= 0.3 is 0 Å². The maximum atomic E-state index is 12.1. The summed E-state index contributed by atoms with van der Waals surface area (Å²) in [6.07, 6.45) is 1.65. The van der Waals surface area contributed by atoms with E-state index in [2.05, 4.69) is 0 Å². The minimum atomic E-state index is -3.67. The Balaban J connectivity index is 2.34. The van der Waals surface area contributed by atoms with Gasteiger partial charge in [0.1, 0.15) is 9.23 Å². The molecule has 1 aliphatic rings. The van der Waals surface area contributed by atoms with Gasteiger partial charge in [-0.1, -0.05) is 27.7 Å². The fourth-order valence-electron chi connectivity index (χ4n) is 1.37. The quantitative estimate of drug-likeness (QED) is 0.844. The molecule has 1 aromatic heterocycles. The molecule has 0 N–H and O–H groups in total. The van der Waals surface area contributed by atoms with E-state index in [-0.39, 0.29) is 9.23 Å². The number of hydrogen-bond donors (Lipinski definition) is 0. The van der Waals surface area contributed by atoms with Crippen LogP contribution < -0.4 is 0 Å². The molecule has 0 aliphatic carbocycles. The van der Waals surface area contributed by atoms with E-state index in [0.717, 1.165) is 28.6 Å². The summed E-state index contributed by atoms with van der Waals surface area (Å²) in [7, 11) is -3.67. The van der Waals surface area contributed by atoms with E-state index in [1.807, 2.05) is 0 Å². The lowest BCUT2D eigenvalue weighted by atomic mass is 10.3. The molecular formula is C8H9Cl2NO3S2. The van der Waals surface area contributed by atoms with Crippen LogP contribution in [0.5, 0.6) is 0 Å². The Morgan fingerprint density at radius 1 is 1.38 bits per heavy atom. The van der Waals surface area contributed by atoms with Gasteiger partial charge < -0.3 is 0 Å². The van der Waals surface area contributed by atoms with Gasteiger partial charge in [0.25, 0.3) is 10.0 Å². The van der Waals surface area contributed by atoms with Crippen molar-refractivity contribution < 1.29 is 13.3 Å². The first-order valence-electron chi connectivity index (χ1n) is 4.62. The number of hydroxylamine groups is 1. The molecule has 0 saturated carbocycles. The molecule has 1 fully saturated rings. The Morgan fingerprint density at radius 2 is 2.12 bits per heavy atom. The minimum absolute atomic E-state index is 0.0195. The molecule has 0 atom stereocenters. The van der Waals surface area contributed by atoms with Crippen molar-refractivity contribution >= 4 is 44.6 Å². The molecule has 0 amide bonds. The highest BCUT2D eigenvalue weighted by Gasteiger charge is 2.30. The van der Waals surface area contributed by atoms with Crippen LogP contribution in [0.2, 0.25) is 8.67 Å². The van der Waals surface area contributed by atoms with Crippen molar-refractivity contribution in [2.75, 3.05) is 13.2 Å². The maximum absolute atomic E-state index is 12.1. The van der Waals surface area contributed by atoms with Gasteiger partial charge in [0.15, 0.2) is 0 Å². The molecule has 16 heavy (non-hydrogen) atoms. The second kappa shape index (κ2) is 4.80. The Hall–Kier alpha value is 0.150. The highest BCUT2D eigenvalue weighted by atomic mass is 35.5. The van der Waals surface area contributed by atoms with Crippen molar-refractivity contribution in [3.63, 3.8) is 0 Å². The first-order chi connectivity index (χ1) is 7.51. The summed E-state index contributed by atoms with van der Waals surface area (Å²) in [6, 6.07) is 1.35. The Labute approximate surface area is 108 Å². The molecular weight excluding hydrogens is 293 g/mol. The second-order valence-corrected chi connectivity index (χ2v) is 7.34. The zero-order valence-electron chi connectivity index (χ0n) is 8.15. The molecule has 2 rings (SSSR count). The fraction of sp³-hybridized carbons (Fsp3) is 0.500. The van der Waals surface area contributed by atoms with Crippen LogP contribution >= 0.6 is 34.5 Å². The first kappa shape index (κ1) is 12.6. The van der Waals surface area contributed by atoms with Crippen LogP contribution in [-0.2, 0) is 14.9 Å². The third-order valence-electron chi connectivity index (χ3n) is 2.14. The van der Waals surface area contributed by atoms with Crippen molar-refractivity contribution in [1.82, 2.24) is 4.47 Å². The number of thiophene rings is 1. The molecule has 1 aromatic rings. The van der Waals surface area contributed by atoms with Crippen molar-refractivity contribution in [2.45, 2.75) is 17.7 Å². The molecule has 0 aromatic carbocycles. The van der Waals surface area contributed by atoms with Gasteiger partial charge in [-0.15, -0.1) is 11.3 Å². The third-order valence-corrected chi connectivity index (χ3v) is 5.57. The molecule has 8 heteroatoms. The third kappa shape index (κ3) is 2.37. The van der Waals surface area contributed by atoms with Crippen LogP contribution in [0.4, 0.5) is 0 Å². The monoisotopic (exact) mass is 301 g/mol. The summed E-state index contributed by atoms with van der Waals surface area (Å²) in [5.74, 6) is 0. The zero-order chi connectivity index (χ0) is 11.8. The average Bonchev–Trinajstić information content (AvgIpc) is 2.60. The van der Waals surface area contributed by atoms with E-state index < -0.39 is 10.0 Å². The molecule has 4 nitrogen and oxygen atoms in total. The van der Waals surface area contributed by atoms with Crippen LogP contribution in [0.15, 0.2) is 11.0 Å². The van der Waals surface area contributed by atoms with Crippen LogP contribution in [0.3, 0.4) is 0 Å². The molecule has 1 aliphatic heterocycles. The van der Waals surface area contributed by atoms with E-state index in [9.17, 15) is 8.42 Å². The van der Waals surface area contributed by atoms with Crippen molar-refractivity contribution in [3.8, 4) is 0 Å². The molecule has 90 valence electrons. The number of nitrogens with zero attached hydrogens (tertiary/aromatic N) is 1. The van der Waals surface area contributed by atoms with E-state index in [1.165, 1.54) is 6.07 Å². The van der Waals surface area contributed by atoms with Gasteiger partial charge in [0.05, 0.1) is 10.9 Å². The van der Waals surface area contributed by atoms with Gasteiger partial charge in [-0.05, 0) is 18.9 Å². The highest BCUT2D eigenvalue weighted by Crippen LogP contribution is 2.36. The Morgan fingerprint density at radius 3 is 2.62 bits per heavy atom. The predicted molar refractivity (Wildman–Crippen MR) is 63.4 cm³/mol. The normalized spacial score (nSPS) is 18.9. The van der Waals surface area contributed by atoms with Gasteiger partial charge in [0.2, 0.25) is 0 Å². The Bertz CT molecular complexity index is 479. The standard InChI is InChI=1S/C8H9Cl2NO3S2/c9-7-5-6(8(10)15-7)16(12,13)11-3-1-2-4-14-11/h5H,1-4H2. The van der Waals surface area contributed by atoms with E-state index in [1.54, 1.807) is 0 Å². The van der Waals surface area contributed by atoms with Gasteiger partial charge in [0, 0.05) is 6.54 Å². The number of halogens is 2. The topological polar surface area (TPSA) is 46.6 Å². The molecule has 2 heterocycles. The van der Waals surface area contributed by atoms with Gasteiger partial charge in [-0.2, -0.15) is 0 Å². The summed E-state index contributed by atoms with van der Waals surface area (Å²) < 4.78 is 25.7. The summed E-state index contributed by atoms with van der Waals surface area (Å²) in [5.41, 5.74) is 0. The van der Waals surface area contributed by atoms with Crippen LogP contribution in [0, 0.1) is 0 Å². The van der Waals surface area contributed by atoms with Crippen molar-refractivity contribution in [3.05, 3.63) is 14.7 Å². The predicted octanol–water partition coefficient (Wildman–Crippen LogP) is 2.77. The average molecular weight is 302 g/mol. The summed E-state index contributed by atoms with van der Waals surface area (Å²) in [6.45, 7) is 0.765. The molecule has 1 saturated heterocycles. The Kier molecular flexibility index (Phi) is 3.78. The van der Waals surface area contributed by atoms with Crippen molar-refractivity contribution in [1.29, 1.82) is 0 Å². The number of rotatable bonds is 2. The number of sulfonamides is 1. The van der Waals surface area contributed by atoms with E-state index in [4.69, 9.17) is 28.0 Å². The first-order valence-corrected chi connectivity index (χ1v) is 7.63. The smallest absolute Gasteiger partial charge is 0.267 e. The number of hydrogen-bond acceptors (Lipinski definition) is 4. The highest BCUT2D eigenvalue weighted by molar-refractivity contribution is 7.89. The van der Waals surface area contributed by atoms with Crippen LogP contribution in [0.1, 0.15) is 12.8 Å². The minimum Gasteiger partial charge on any atom is -0.284 e. The zero-order valence-corrected chi connectivity index (χ0v) is 11.3. The molecule has 0 unspecified atom stereocenters. The summed E-state index contributed by atoms with van der Waals surface area (Å²) in [4.78, 5) is 5.13. The van der Waals surface area contributed by atoms with E-state index >= 15 is 0 Å². The van der Waals surface area contributed by atoms with Gasteiger partial charge in [-0.3, -0.25) is 4.84 Å². The fourth-order valence-corrected chi connectivity index (χ4v) is 4.79. The molecule has 0 bridgehead atoms. The largest absolute Gasteiger partial charge is 0.284 e. The van der Waals surface area contributed by atoms with Crippen molar-refractivity contribution in [2.24, 2.45) is 0 Å². The molecule has 0 radical (unpaired) electrons. The maximum Gasteiger partial charge on any atom is 0.267 e. The van der Waals surface area contributed by atoms with Crippen LogP contribution in [-0.4, -0.2) is 26.0 Å². The summed E-state index contributed by atoms with van der Waals surface area (Å²) in [5, 5.41) is 0. The lowest BCUT2D eigenvalue weighted by Crippen LogP contribution is -2.35. The SMILES string of the molecule is O=S(=O)(c1cc(Cl)sc1Cl)N1CCCCO1.